The molecule has 2 aliphatic carbocycles. The second-order valence-electron chi connectivity index (χ2n) is 12.7. The van der Waals surface area contributed by atoms with Crippen molar-refractivity contribution in [3.05, 3.63) is 52.6 Å². The number of carboxylic acids is 1. The summed E-state index contributed by atoms with van der Waals surface area (Å²) in [5, 5.41) is 15.1. The van der Waals surface area contributed by atoms with Gasteiger partial charge in [-0.05, 0) is 100 Å². The third-order valence-corrected chi connectivity index (χ3v) is 10.3. The number of hydrogen-bond acceptors (Lipinski definition) is 4. The van der Waals surface area contributed by atoms with Crippen LogP contribution in [0.15, 0.2) is 24.3 Å². The van der Waals surface area contributed by atoms with E-state index in [1.165, 1.54) is 43.1 Å². The third-order valence-electron chi connectivity index (χ3n) is 10.3. The number of rotatable bonds is 9. The van der Waals surface area contributed by atoms with Crippen LogP contribution in [0.25, 0.3) is 0 Å². The first kappa shape index (κ1) is 26.9. The summed E-state index contributed by atoms with van der Waals surface area (Å²) in [5.41, 5.74) is 5.42. The lowest BCUT2D eigenvalue weighted by Crippen LogP contribution is -2.43. The summed E-state index contributed by atoms with van der Waals surface area (Å²) >= 11 is 0. The number of halogens is 1. The first-order chi connectivity index (χ1) is 19.0. The molecule has 7 heteroatoms. The predicted molar refractivity (Wildman–Crippen MR) is 151 cm³/mol. The van der Waals surface area contributed by atoms with Crippen LogP contribution in [0.3, 0.4) is 0 Å². The molecule has 0 spiro atoms. The molecule has 1 saturated carbocycles. The summed E-state index contributed by atoms with van der Waals surface area (Å²) in [6.07, 6.45) is 11.5. The third kappa shape index (κ3) is 5.67. The molecule has 3 heterocycles. The number of piperidine rings is 1. The lowest BCUT2D eigenvalue weighted by Gasteiger charge is -2.35. The van der Waals surface area contributed by atoms with Gasteiger partial charge in [0, 0.05) is 43.7 Å². The Morgan fingerprint density at radius 1 is 1.10 bits per heavy atom. The van der Waals surface area contributed by atoms with E-state index < -0.39 is 12.0 Å². The van der Waals surface area contributed by atoms with E-state index >= 15 is 0 Å². The Balaban J connectivity index is 1.15. The molecule has 2 aliphatic heterocycles. The van der Waals surface area contributed by atoms with E-state index in [1.54, 1.807) is 17.7 Å². The van der Waals surface area contributed by atoms with E-state index in [0.717, 1.165) is 76.8 Å². The van der Waals surface area contributed by atoms with Crippen molar-refractivity contribution < 1.29 is 14.3 Å². The second-order valence-corrected chi connectivity index (χ2v) is 12.7. The van der Waals surface area contributed by atoms with Gasteiger partial charge in [0.2, 0.25) is 0 Å². The average molecular weight is 537 g/mol. The van der Waals surface area contributed by atoms with Crippen LogP contribution in [0.4, 0.5) is 4.39 Å². The van der Waals surface area contributed by atoms with Crippen LogP contribution in [0, 0.1) is 17.7 Å². The van der Waals surface area contributed by atoms with Gasteiger partial charge >= 0.3 is 5.97 Å². The molecule has 1 aromatic carbocycles. The highest BCUT2D eigenvalue weighted by Gasteiger charge is 2.42. The number of likely N-dealkylation sites (tertiary alicyclic amines) is 2. The fraction of sp³-hybridized carbons (Fsp3) is 0.688. The van der Waals surface area contributed by atoms with Crippen molar-refractivity contribution in [3.8, 4) is 0 Å². The van der Waals surface area contributed by atoms with Gasteiger partial charge in [-0.15, -0.1) is 0 Å². The van der Waals surface area contributed by atoms with E-state index in [9.17, 15) is 14.3 Å². The summed E-state index contributed by atoms with van der Waals surface area (Å²) in [5.74, 6) is 0.686. The quantitative estimate of drug-likeness (QED) is 0.461. The molecule has 1 aromatic heterocycles. The summed E-state index contributed by atoms with van der Waals surface area (Å²) in [6.45, 7) is 7.71. The Labute approximate surface area is 232 Å². The first-order valence-corrected chi connectivity index (χ1v) is 15.5. The molecular formula is C32H45FN4O2. The zero-order valence-corrected chi connectivity index (χ0v) is 23.5. The summed E-state index contributed by atoms with van der Waals surface area (Å²) in [7, 11) is 0. The van der Waals surface area contributed by atoms with Gasteiger partial charge in [-0.3, -0.25) is 14.4 Å². The van der Waals surface area contributed by atoms with Crippen LogP contribution in [-0.4, -0.2) is 69.4 Å². The Kier molecular flexibility index (Phi) is 8.08. The topological polar surface area (TPSA) is 61.6 Å². The van der Waals surface area contributed by atoms with Gasteiger partial charge in [-0.1, -0.05) is 31.4 Å². The number of nitrogens with zero attached hydrogens (tertiary/aromatic N) is 4. The smallest absolute Gasteiger partial charge is 0.320 e. The van der Waals surface area contributed by atoms with Crippen molar-refractivity contribution in [1.29, 1.82) is 0 Å². The Bertz CT molecular complexity index is 1150. The number of carbonyl (C=O) groups is 1. The summed E-state index contributed by atoms with van der Waals surface area (Å²) in [4.78, 5) is 17.1. The van der Waals surface area contributed by atoms with E-state index in [2.05, 4.69) is 21.4 Å². The molecule has 2 saturated heterocycles. The van der Waals surface area contributed by atoms with Crippen LogP contribution < -0.4 is 0 Å². The molecule has 39 heavy (non-hydrogen) atoms. The number of hydrogen-bond donors (Lipinski definition) is 1. The van der Waals surface area contributed by atoms with Crippen molar-refractivity contribution >= 4 is 5.97 Å². The van der Waals surface area contributed by atoms with Gasteiger partial charge in [0.25, 0.3) is 0 Å². The van der Waals surface area contributed by atoms with Gasteiger partial charge in [-0.25, -0.2) is 4.39 Å². The monoisotopic (exact) mass is 536 g/mol. The lowest BCUT2D eigenvalue weighted by atomic mass is 9.80. The number of aromatic nitrogens is 2. The van der Waals surface area contributed by atoms with Crippen LogP contribution in [-0.2, 0) is 24.2 Å². The average Bonchev–Trinajstić information content (AvgIpc) is 3.49. The molecule has 6 rings (SSSR count). The van der Waals surface area contributed by atoms with Crippen molar-refractivity contribution in [1.82, 2.24) is 19.6 Å². The fourth-order valence-electron chi connectivity index (χ4n) is 7.96. The maximum atomic E-state index is 14.2. The highest BCUT2D eigenvalue weighted by Crippen LogP contribution is 2.40. The molecule has 4 aliphatic rings. The van der Waals surface area contributed by atoms with Crippen molar-refractivity contribution in [3.63, 3.8) is 0 Å². The number of carboxylic acid groups (broad SMARTS) is 1. The normalized spacial score (nSPS) is 25.9. The van der Waals surface area contributed by atoms with E-state index in [-0.39, 0.29) is 11.7 Å². The van der Waals surface area contributed by atoms with Crippen molar-refractivity contribution in [2.45, 2.75) is 95.6 Å². The summed E-state index contributed by atoms with van der Waals surface area (Å²) < 4.78 is 16.5. The highest BCUT2D eigenvalue weighted by atomic mass is 19.1. The zero-order chi connectivity index (χ0) is 26.9. The zero-order valence-electron chi connectivity index (χ0n) is 23.5. The minimum atomic E-state index is -0.697. The molecule has 0 bridgehead atoms. The van der Waals surface area contributed by atoms with Crippen LogP contribution in [0.2, 0.25) is 0 Å². The first-order valence-electron chi connectivity index (χ1n) is 15.5. The summed E-state index contributed by atoms with van der Waals surface area (Å²) in [6, 6.07) is 6.59. The standard InChI is InChI=1S/C32H45FN4O2/c1-2-37-31(27-11-3-4-12-29(27)34-37)23-13-15-35(16-14-23)19-25-20-36(30(32(38)39)17-22-7-5-8-22)21-28(25)24-9-6-10-26(33)18-24/h6,9-10,18,22-23,25,28,30H,2-5,7-8,11-17,19-21H2,1H3,(H,38,39)/t25-,28+,30+/m0/s1. The van der Waals surface area contributed by atoms with Gasteiger partial charge < -0.3 is 10.0 Å². The fourth-order valence-corrected chi connectivity index (χ4v) is 7.96. The maximum Gasteiger partial charge on any atom is 0.320 e. The van der Waals surface area contributed by atoms with Gasteiger partial charge in [0.1, 0.15) is 11.9 Å². The highest BCUT2D eigenvalue weighted by molar-refractivity contribution is 5.73. The van der Waals surface area contributed by atoms with Gasteiger partial charge in [0.05, 0.1) is 5.69 Å². The second kappa shape index (κ2) is 11.7. The van der Waals surface area contributed by atoms with E-state index in [0.29, 0.717) is 24.3 Å². The molecule has 0 amide bonds. The molecule has 0 radical (unpaired) electrons. The number of fused-ring (bicyclic) bond motifs is 1. The molecule has 3 atom stereocenters. The molecule has 1 N–H and O–H groups in total. The largest absolute Gasteiger partial charge is 0.480 e. The Hall–Kier alpha value is -2.25. The number of benzene rings is 1. The molecule has 2 aromatic rings. The maximum absolute atomic E-state index is 14.2. The van der Waals surface area contributed by atoms with Crippen molar-refractivity contribution in [2.24, 2.45) is 11.8 Å². The molecule has 3 fully saturated rings. The predicted octanol–water partition coefficient (Wildman–Crippen LogP) is 5.46. The molecule has 0 unspecified atom stereocenters. The Morgan fingerprint density at radius 3 is 2.59 bits per heavy atom. The van der Waals surface area contributed by atoms with Gasteiger partial charge in [0.15, 0.2) is 0 Å². The lowest BCUT2D eigenvalue weighted by molar-refractivity contribution is -0.144. The minimum absolute atomic E-state index is 0.162. The van der Waals surface area contributed by atoms with E-state index in [4.69, 9.17) is 5.10 Å². The Morgan fingerprint density at radius 2 is 1.90 bits per heavy atom. The number of aryl methyl sites for hydroxylation is 2. The SMILES string of the molecule is CCn1nc2c(c1C1CCN(C[C@H]3CN([C@H](CC4CCC4)C(=O)O)C[C@@H]3c3cccc(F)c3)CC1)CCCC2. The number of aliphatic carboxylic acids is 1. The van der Waals surface area contributed by atoms with Gasteiger partial charge in [-0.2, -0.15) is 5.10 Å². The minimum Gasteiger partial charge on any atom is -0.480 e. The molecule has 212 valence electrons. The molecular weight excluding hydrogens is 491 g/mol. The van der Waals surface area contributed by atoms with E-state index in [1.807, 2.05) is 6.07 Å². The van der Waals surface area contributed by atoms with Crippen LogP contribution in [0.1, 0.15) is 92.6 Å². The van der Waals surface area contributed by atoms with Crippen LogP contribution in [0.5, 0.6) is 0 Å². The molecule has 6 nitrogen and oxygen atoms in total. The van der Waals surface area contributed by atoms with Crippen LogP contribution >= 0.6 is 0 Å². The van der Waals surface area contributed by atoms with Crippen molar-refractivity contribution in [2.75, 3.05) is 32.7 Å².